The van der Waals surface area contributed by atoms with E-state index in [0.29, 0.717) is 18.5 Å². The third-order valence-corrected chi connectivity index (χ3v) is 3.65. The molecule has 0 amide bonds. The van der Waals surface area contributed by atoms with Crippen LogP contribution in [0.5, 0.6) is 0 Å². The molecule has 0 spiro atoms. The zero-order valence-corrected chi connectivity index (χ0v) is 12.8. The molecule has 2 rings (SSSR count). The van der Waals surface area contributed by atoms with E-state index in [9.17, 15) is 8.78 Å². The average Bonchev–Trinajstić information content (AvgIpc) is 2.35. The largest absolute Gasteiger partial charge is 0.312 e. The maximum Gasteiger partial charge on any atom is 0.126 e. The molecule has 0 saturated carbocycles. The van der Waals surface area contributed by atoms with Crippen molar-refractivity contribution >= 4 is 0 Å². The molecule has 0 aliphatic heterocycles. The Kier molecular flexibility index (Phi) is 5.07. The zero-order valence-electron chi connectivity index (χ0n) is 12.8. The van der Waals surface area contributed by atoms with Crippen LogP contribution in [-0.2, 0) is 13.0 Å². The molecule has 0 bridgehead atoms. The smallest absolute Gasteiger partial charge is 0.126 e. The van der Waals surface area contributed by atoms with Gasteiger partial charge in [-0.05, 0) is 68.1 Å². The van der Waals surface area contributed by atoms with Crippen molar-refractivity contribution in [3.05, 3.63) is 69.8 Å². The Hall–Kier alpha value is -1.74. The fraction of sp³-hybridized carbons (Fsp3) is 0.333. The number of benzene rings is 2. The standard InChI is InChI=1S/C18H21F2N/c1-12-6-13(2)18(14(3)7-12)11-21-5-4-15-8-16(19)10-17(20)9-15/h6-10,21H,4-5,11H2,1-3H3. The van der Waals surface area contributed by atoms with E-state index in [4.69, 9.17) is 0 Å². The number of aryl methyl sites for hydroxylation is 3. The molecule has 0 fully saturated rings. The summed E-state index contributed by atoms with van der Waals surface area (Å²) < 4.78 is 26.2. The number of nitrogens with one attached hydrogen (secondary N) is 1. The van der Waals surface area contributed by atoms with Gasteiger partial charge in [-0.15, -0.1) is 0 Å². The Balaban J connectivity index is 1.90. The van der Waals surface area contributed by atoms with Crippen LogP contribution in [0.15, 0.2) is 30.3 Å². The quantitative estimate of drug-likeness (QED) is 0.813. The van der Waals surface area contributed by atoms with Crippen LogP contribution in [0.4, 0.5) is 8.78 Å². The first-order valence-corrected chi connectivity index (χ1v) is 7.18. The lowest BCUT2D eigenvalue weighted by molar-refractivity contribution is 0.577. The zero-order chi connectivity index (χ0) is 15.4. The van der Waals surface area contributed by atoms with E-state index in [2.05, 4.69) is 38.2 Å². The summed E-state index contributed by atoms with van der Waals surface area (Å²) in [4.78, 5) is 0. The molecule has 2 aromatic carbocycles. The Morgan fingerprint density at radius 1 is 0.857 bits per heavy atom. The SMILES string of the molecule is Cc1cc(C)c(CNCCc2cc(F)cc(F)c2)c(C)c1. The van der Waals surface area contributed by atoms with E-state index in [-0.39, 0.29) is 0 Å². The monoisotopic (exact) mass is 289 g/mol. The van der Waals surface area contributed by atoms with Crippen LogP contribution in [0, 0.1) is 32.4 Å². The molecule has 0 atom stereocenters. The van der Waals surface area contributed by atoms with Gasteiger partial charge in [0, 0.05) is 12.6 Å². The van der Waals surface area contributed by atoms with Gasteiger partial charge in [-0.1, -0.05) is 17.7 Å². The number of halogens is 2. The molecule has 2 aromatic rings. The summed E-state index contributed by atoms with van der Waals surface area (Å²) in [5.41, 5.74) is 5.79. The molecule has 3 heteroatoms. The van der Waals surface area contributed by atoms with Gasteiger partial charge in [0.05, 0.1) is 0 Å². The number of hydrogen-bond donors (Lipinski definition) is 1. The maximum absolute atomic E-state index is 13.1. The Bertz CT molecular complexity index is 592. The van der Waals surface area contributed by atoms with Crippen molar-refractivity contribution in [2.45, 2.75) is 33.7 Å². The third kappa shape index (κ3) is 4.36. The van der Waals surface area contributed by atoms with E-state index in [0.717, 1.165) is 12.6 Å². The molecule has 0 saturated heterocycles. The maximum atomic E-state index is 13.1. The molecule has 1 N–H and O–H groups in total. The number of hydrogen-bond acceptors (Lipinski definition) is 1. The molecule has 112 valence electrons. The summed E-state index contributed by atoms with van der Waals surface area (Å²) in [5.74, 6) is -1.04. The van der Waals surface area contributed by atoms with E-state index in [1.165, 1.54) is 34.4 Å². The second-order valence-electron chi connectivity index (χ2n) is 5.58. The highest BCUT2D eigenvalue weighted by atomic mass is 19.1. The van der Waals surface area contributed by atoms with Gasteiger partial charge >= 0.3 is 0 Å². The van der Waals surface area contributed by atoms with Crippen LogP contribution in [0.2, 0.25) is 0 Å². The fourth-order valence-corrected chi connectivity index (χ4v) is 2.69. The molecular formula is C18H21F2N. The van der Waals surface area contributed by atoms with Crippen LogP contribution >= 0.6 is 0 Å². The highest BCUT2D eigenvalue weighted by Gasteiger charge is 2.04. The highest BCUT2D eigenvalue weighted by molar-refractivity contribution is 5.37. The van der Waals surface area contributed by atoms with Crippen molar-refractivity contribution in [1.82, 2.24) is 5.32 Å². The van der Waals surface area contributed by atoms with Gasteiger partial charge in [-0.2, -0.15) is 0 Å². The van der Waals surface area contributed by atoms with E-state index in [1.54, 1.807) is 0 Å². The first-order valence-electron chi connectivity index (χ1n) is 7.18. The van der Waals surface area contributed by atoms with E-state index < -0.39 is 11.6 Å². The molecule has 21 heavy (non-hydrogen) atoms. The highest BCUT2D eigenvalue weighted by Crippen LogP contribution is 2.16. The predicted octanol–water partition coefficient (Wildman–Crippen LogP) is 4.22. The van der Waals surface area contributed by atoms with E-state index in [1.807, 2.05) is 0 Å². The molecule has 0 radical (unpaired) electrons. The minimum absolute atomic E-state index is 0.518. The molecule has 0 aliphatic rings. The molecular weight excluding hydrogens is 268 g/mol. The van der Waals surface area contributed by atoms with Gasteiger partial charge in [0.2, 0.25) is 0 Å². The summed E-state index contributed by atoms with van der Waals surface area (Å²) in [6, 6.07) is 8.01. The molecule has 0 aliphatic carbocycles. The van der Waals surface area contributed by atoms with Crippen LogP contribution in [0.1, 0.15) is 27.8 Å². The normalized spacial score (nSPS) is 10.9. The summed E-state index contributed by atoms with van der Waals surface area (Å²) in [6.45, 7) is 7.78. The Labute approximate surface area is 125 Å². The first kappa shape index (κ1) is 15.6. The first-order chi connectivity index (χ1) is 9.95. The van der Waals surface area contributed by atoms with Gasteiger partial charge in [0.25, 0.3) is 0 Å². The van der Waals surface area contributed by atoms with Crippen molar-refractivity contribution in [3.8, 4) is 0 Å². The van der Waals surface area contributed by atoms with Crippen molar-refractivity contribution in [2.75, 3.05) is 6.54 Å². The molecule has 0 heterocycles. The van der Waals surface area contributed by atoms with Gasteiger partial charge in [-0.3, -0.25) is 0 Å². The summed E-state index contributed by atoms with van der Waals surface area (Å²) >= 11 is 0. The van der Waals surface area contributed by atoms with Crippen molar-refractivity contribution in [2.24, 2.45) is 0 Å². The van der Waals surface area contributed by atoms with Crippen LogP contribution in [0.25, 0.3) is 0 Å². The lowest BCUT2D eigenvalue weighted by atomic mass is 10.00. The van der Waals surface area contributed by atoms with Gasteiger partial charge in [0.1, 0.15) is 11.6 Å². The van der Waals surface area contributed by atoms with Crippen molar-refractivity contribution in [1.29, 1.82) is 0 Å². The topological polar surface area (TPSA) is 12.0 Å². The van der Waals surface area contributed by atoms with Gasteiger partial charge in [0.15, 0.2) is 0 Å². The van der Waals surface area contributed by atoms with Crippen molar-refractivity contribution < 1.29 is 8.78 Å². The Morgan fingerprint density at radius 3 is 2.00 bits per heavy atom. The lowest BCUT2D eigenvalue weighted by Gasteiger charge is -2.12. The van der Waals surface area contributed by atoms with Gasteiger partial charge < -0.3 is 5.32 Å². The minimum atomic E-state index is -0.518. The molecule has 1 nitrogen and oxygen atoms in total. The average molecular weight is 289 g/mol. The summed E-state index contributed by atoms with van der Waals surface area (Å²) in [6.07, 6.45) is 0.610. The third-order valence-electron chi connectivity index (χ3n) is 3.65. The predicted molar refractivity (Wildman–Crippen MR) is 82.4 cm³/mol. The molecule has 0 unspecified atom stereocenters. The van der Waals surface area contributed by atoms with Crippen molar-refractivity contribution in [3.63, 3.8) is 0 Å². The van der Waals surface area contributed by atoms with Gasteiger partial charge in [-0.25, -0.2) is 8.78 Å². The lowest BCUT2D eigenvalue weighted by Crippen LogP contribution is -2.18. The number of rotatable bonds is 5. The minimum Gasteiger partial charge on any atom is -0.312 e. The van der Waals surface area contributed by atoms with Crippen LogP contribution < -0.4 is 5.32 Å². The summed E-state index contributed by atoms with van der Waals surface area (Å²) in [5, 5.41) is 3.35. The second kappa shape index (κ2) is 6.81. The van der Waals surface area contributed by atoms with Crippen LogP contribution in [0.3, 0.4) is 0 Å². The van der Waals surface area contributed by atoms with E-state index >= 15 is 0 Å². The fourth-order valence-electron chi connectivity index (χ4n) is 2.69. The van der Waals surface area contributed by atoms with Crippen LogP contribution in [-0.4, -0.2) is 6.54 Å². The molecule has 0 aromatic heterocycles. The summed E-state index contributed by atoms with van der Waals surface area (Å²) in [7, 11) is 0. The second-order valence-corrected chi connectivity index (χ2v) is 5.58. The Morgan fingerprint density at radius 2 is 1.43 bits per heavy atom.